The molecule has 6 N–H and O–H groups in total. The number of benzene rings is 2. The van der Waals surface area contributed by atoms with Crippen LogP contribution >= 0.6 is 0 Å². The van der Waals surface area contributed by atoms with Gasteiger partial charge in [0, 0.05) is 66.4 Å². The molecule has 9 heteroatoms. The Labute approximate surface area is 248 Å². The first-order valence-corrected chi connectivity index (χ1v) is 14.2. The molecule has 42 heavy (non-hydrogen) atoms. The molecule has 9 nitrogen and oxygen atoms in total. The van der Waals surface area contributed by atoms with E-state index in [1.165, 1.54) is 16.8 Å². The molecule has 6 rings (SSSR count). The monoisotopic (exact) mass is 566 g/mol. The Morgan fingerprint density at radius 2 is 1.52 bits per heavy atom. The van der Waals surface area contributed by atoms with Crippen LogP contribution in [0.5, 0.6) is 0 Å². The molecule has 4 heterocycles. The third-order valence-corrected chi connectivity index (χ3v) is 7.15. The number of aromatic amines is 2. The number of H-pyrrole nitrogens is 2. The molecule has 2 aliphatic rings. The van der Waals surface area contributed by atoms with Crippen LogP contribution < -0.4 is 16.4 Å². The van der Waals surface area contributed by atoms with Gasteiger partial charge in [-0.05, 0) is 74.2 Å². The lowest BCUT2D eigenvalue weighted by molar-refractivity contribution is 0.206. The number of nitrogens with two attached hydrogens (primary N) is 1. The van der Waals surface area contributed by atoms with Crippen molar-refractivity contribution in [3.8, 4) is 0 Å². The number of nitrogen functional groups attached to an aromatic ring is 1. The molecule has 0 saturated carbocycles. The lowest BCUT2D eigenvalue weighted by Gasteiger charge is -2.27. The van der Waals surface area contributed by atoms with E-state index in [0.717, 1.165) is 76.7 Å². The molecular formula is C33H42N8O. The number of amides is 2. The van der Waals surface area contributed by atoms with Gasteiger partial charge in [-0.3, -0.25) is 10.2 Å². The molecule has 0 fully saturated rings. The van der Waals surface area contributed by atoms with Crippen LogP contribution in [0.15, 0.2) is 61.7 Å². The summed E-state index contributed by atoms with van der Waals surface area (Å²) in [4.78, 5) is 14.3. The van der Waals surface area contributed by atoms with E-state index in [-0.39, 0.29) is 6.03 Å². The van der Waals surface area contributed by atoms with E-state index in [1.54, 1.807) is 0 Å². The maximum Gasteiger partial charge on any atom is 0.322 e. The second kappa shape index (κ2) is 13.8. The molecular weight excluding hydrogens is 524 g/mol. The number of carbonyl (C=O) groups is 1. The fourth-order valence-corrected chi connectivity index (χ4v) is 5.00. The van der Waals surface area contributed by atoms with Crippen LogP contribution in [0, 0.1) is 13.8 Å². The summed E-state index contributed by atoms with van der Waals surface area (Å²) in [6.07, 6.45) is 1.84. The minimum atomic E-state index is -0.0786. The number of hydrogen-bond donors (Lipinski definition) is 5. The van der Waals surface area contributed by atoms with Crippen LogP contribution in [0.1, 0.15) is 58.9 Å². The molecule has 0 aliphatic carbocycles. The normalized spacial score (nSPS) is 13.4. The summed E-state index contributed by atoms with van der Waals surface area (Å²) in [5, 5.41) is 20.9. The maximum atomic E-state index is 12.5. The Bertz CT molecular complexity index is 1550. The average Bonchev–Trinajstić information content (AvgIpc) is 3.58. The maximum absolute atomic E-state index is 12.5. The van der Waals surface area contributed by atoms with Gasteiger partial charge in [-0.1, -0.05) is 37.4 Å². The summed E-state index contributed by atoms with van der Waals surface area (Å²) in [7, 11) is 0. The Hall–Kier alpha value is -4.63. The molecule has 2 aliphatic heterocycles. The van der Waals surface area contributed by atoms with Gasteiger partial charge in [0.2, 0.25) is 0 Å². The first-order valence-electron chi connectivity index (χ1n) is 14.2. The van der Waals surface area contributed by atoms with E-state index in [0.29, 0.717) is 13.1 Å². The zero-order chi connectivity index (χ0) is 30.2. The van der Waals surface area contributed by atoms with Crippen molar-refractivity contribution in [2.45, 2.75) is 53.6 Å². The van der Waals surface area contributed by atoms with Gasteiger partial charge >= 0.3 is 6.03 Å². The van der Waals surface area contributed by atoms with Gasteiger partial charge in [-0.2, -0.15) is 10.2 Å². The fraction of sp³-hybridized carbons (Fsp3) is 0.303. The van der Waals surface area contributed by atoms with Gasteiger partial charge in [0.25, 0.3) is 0 Å². The third kappa shape index (κ3) is 7.76. The second-order valence-electron chi connectivity index (χ2n) is 10.9. The van der Waals surface area contributed by atoms with Gasteiger partial charge < -0.3 is 21.3 Å². The van der Waals surface area contributed by atoms with Crippen LogP contribution in [0.4, 0.5) is 16.2 Å². The van der Waals surface area contributed by atoms with E-state index in [2.05, 4.69) is 44.2 Å². The minimum absolute atomic E-state index is 0.0786. The number of rotatable bonds is 3. The number of fused-ring (bicyclic) bond motifs is 2. The van der Waals surface area contributed by atoms with Crippen molar-refractivity contribution < 1.29 is 4.79 Å². The van der Waals surface area contributed by atoms with Crippen molar-refractivity contribution in [1.82, 2.24) is 30.6 Å². The number of urea groups is 1. The Morgan fingerprint density at radius 1 is 0.905 bits per heavy atom. The first-order chi connectivity index (χ1) is 20.1. The molecule has 0 saturated heterocycles. The molecule has 2 aromatic heterocycles. The van der Waals surface area contributed by atoms with E-state index in [4.69, 9.17) is 5.73 Å². The molecule has 4 aromatic rings. The van der Waals surface area contributed by atoms with Crippen molar-refractivity contribution in [2.24, 2.45) is 0 Å². The summed E-state index contributed by atoms with van der Waals surface area (Å²) >= 11 is 0. The number of hydrogen-bond acceptors (Lipinski definition) is 5. The summed E-state index contributed by atoms with van der Waals surface area (Å²) in [5.41, 5.74) is 18.1. The fourth-order valence-electron chi connectivity index (χ4n) is 5.00. The van der Waals surface area contributed by atoms with Crippen LogP contribution in [-0.2, 0) is 25.9 Å². The highest BCUT2D eigenvalue weighted by molar-refractivity contribution is 5.89. The minimum Gasteiger partial charge on any atom is -0.399 e. The summed E-state index contributed by atoms with van der Waals surface area (Å²) in [6, 6.07) is 15.5. The smallest absolute Gasteiger partial charge is 0.322 e. The van der Waals surface area contributed by atoms with E-state index in [1.807, 2.05) is 81.1 Å². The number of nitrogens with one attached hydrogen (secondary N) is 4. The third-order valence-electron chi connectivity index (χ3n) is 7.15. The van der Waals surface area contributed by atoms with Gasteiger partial charge in [-0.15, -0.1) is 0 Å². The Balaban J connectivity index is 0.000000168. The highest BCUT2D eigenvalue weighted by Gasteiger charge is 2.25. The van der Waals surface area contributed by atoms with E-state index in [9.17, 15) is 4.79 Å². The molecule has 220 valence electrons. The van der Waals surface area contributed by atoms with Gasteiger partial charge in [0.1, 0.15) is 0 Å². The summed E-state index contributed by atoms with van der Waals surface area (Å²) < 4.78 is 0. The number of carbonyl (C=O) groups excluding carboxylic acids is 1. The molecule has 0 atom stereocenters. The lowest BCUT2D eigenvalue weighted by Crippen LogP contribution is -2.39. The van der Waals surface area contributed by atoms with Gasteiger partial charge in [0.15, 0.2) is 0 Å². The molecule has 2 amide bonds. The van der Waals surface area contributed by atoms with Crippen LogP contribution in [0.25, 0.3) is 11.1 Å². The Kier molecular flexibility index (Phi) is 9.98. The van der Waals surface area contributed by atoms with Crippen molar-refractivity contribution >= 4 is 28.6 Å². The SMILES string of the molecule is C=C(C)c1n[nH]c2c1CN(C(=O)Nc1cccc(C)c1)CC2.C=C(C)c1n[nH]c2c1CNCC2.Cc1cccc(N)c1. The second-order valence-corrected chi connectivity index (χ2v) is 10.9. The largest absolute Gasteiger partial charge is 0.399 e. The zero-order valence-corrected chi connectivity index (χ0v) is 25.1. The summed E-state index contributed by atoms with van der Waals surface area (Å²) in [6.45, 7) is 19.0. The molecule has 0 unspecified atom stereocenters. The van der Waals surface area contributed by atoms with E-state index >= 15 is 0 Å². The van der Waals surface area contributed by atoms with Crippen LogP contribution in [-0.4, -0.2) is 44.4 Å². The quantitative estimate of drug-likeness (QED) is 0.194. The number of aryl methyl sites for hydroxylation is 2. The van der Waals surface area contributed by atoms with Gasteiger partial charge in [-0.25, -0.2) is 4.79 Å². The number of anilines is 2. The highest BCUT2D eigenvalue weighted by Crippen LogP contribution is 2.25. The Morgan fingerprint density at radius 3 is 2.12 bits per heavy atom. The van der Waals surface area contributed by atoms with Crippen molar-refractivity contribution in [2.75, 3.05) is 24.1 Å². The zero-order valence-electron chi connectivity index (χ0n) is 25.1. The lowest BCUT2D eigenvalue weighted by atomic mass is 10.0. The molecule has 0 radical (unpaired) electrons. The van der Waals surface area contributed by atoms with Crippen molar-refractivity contribution in [3.63, 3.8) is 0 Å². The summed E-state index contributed by atoms with van der Waals surface area (Å²) in [5.74, 6) is 0. The highest BCUT2D eigenvalue weighted by atomic mass is 16.2. The van der Waals surface area contributed by atoms with Gasteiger partial charge in [0.05, 0.1) is 17.9 Å². The number of allylic oxidation sites excluding steroid dienone is 2. The predicted molar refractivity (Wildman–Crippen MR) is 172 cm³/mol. The topological polar surface area (TPSA) is 128 Å². The molecule has 2 aromatic carbocycles. The van der Waals surface area contributed by atoms with Crippen molar-refractivity contribution in [1.29, 1.82) is 0 Å². The molecule has 0 bridgehead atoms. The first kappa shape index (κ1) is 30.3. The van der Waals surface area contributed by atoms with Crippen molar-refractivity contribution in [3.05, 3.63) is 107 Å². The number of aromatic nitrogens is 4. The van der Waals surface area contributed by atoms with Crippen LogP contribution in [0.3, 0.4) is 0 Å². The van der Waals surface area contributed by atoms with Crippen LogP contribution in [0.2, 0.25) is 0 Å². The standard InChI is InChI=1S/C17H20N4O.C9H13N3.C7H9N/c1-11(2)16-14-10-21(8-7-15(14)19-20-16)17(22)18-13-6-4-5-12(3)9-13;1-6(2)9-7-5-10-4-3-8(7)11-12-9;1-6-3-2-4-7(8)5-6/h4-6,9H,1,7-8,10H2,2-3H3,(H,18,22)(H,19,20);10H,1,3-5H2,2H3,(H,11,12);2-5H,8H2,1H3. The average molecular weight is 567 g/mol. The predicted octanol–water partition coefficient (Wildman–Crippen LogP) is 6.01. The number of nitrogens with zero attached hydrogens (tertiary/aromatic N) is 3. The van der Waals surface area contributed by atoms with E-state index < -0.39 is 0 Å². The molecule has 0 spiro atoms.